The topological polar surface area (TPSA) is 79.6 Å². The molecule has 0 radical (unpaired) electrons. The molecule has 0 saturated carbocycles. The second kappa shape index (κ2) is 9.08. The number of hydrogen-bond donors (Lipinski definition) is 2. The standard InChI is InChI=1S/C24H30N4O3/c1-24(2,3)22-27-20-13-18(9-10-21(20)31-22)26-23(29)25-14-19-16-28(11-12-30-19)15-17-7-5-4-6-8-17/h4-10,13,19H,11-12,14-16H2,1-3H3,(H2,25,26,29). The van der Waals surface area contributed by atoms with Crippen molar-refractivity contribution >= 4 is 22.8 Å². The van der Waals surface area contributed by atoms with Crippen LogP contribution in [0.25, 0.3) is 11.1 Å². The van der Waals surface area contributed by atoms with Crippen LogP contribution < -0.4 is 10.6 Å². The number of fused-ring (bicyclic) bond motifs is 1. The van der Waals surface area contributed by atoms with Gasteiger partial charge >= 0.3 is 6.03 Å². The van der Waals surface area contributed by atoms with Gasteiger partial charge in [0, 0.05) is 37.3 Å². The molecule has 1 fully saturated rings. The van der Waals surface area contributed by atoms with Gasteiger partial charge in [0.05, 0.1) is 12.7 Å². The van der Waals surface area contributed by atoms with E-state index in [9.17, 15) is 4.79 Å². The molecule has 7 nitrogen and oxygen atoms in total. The van der Waals surface area contributed by atoms with Gasteiger partial charge in [0.1, 0.15) is 5.52 Å². The maximum Gasteiger partial charge on any atom is 0.319 e. The minimum atomic E-state index is -0.261. The monoisotopic (exact) mass is 422 g/mol. The summed E-state index contributed by atoms with van der Waals surface area (Å²) in [5.41, 5.74) is 3.24. The lowest BCUT2D eigenvalue weighted by Gasteiger charge is -2.33. The summed E-state index contributed by atoms with van der Waals surface area (Å²) in [5.74, 6) is 0.679. The van der Waals surface area contributed by atoms with Crippen molar-refractivity contribution < 1.29 is 13.9 Å². The van der Waals surface area contributed by atoms with E-state index in [4.69, 9.17) is 9.15 Å². The van der Waals surface area contributed by atoms with Gasteiger partial charge in [-0.3, -0.25) is 4.90 Å². The van der Waals surface area contributed by atoms with E-state index in [0.29, 0.717) is 30.3 Å². The molecular formula is C24H30N4O3. The Morgan fingerprint density at radius 3 is 2.77 bits per heavy atom. The Labute approximate surface area is 182 Å². The van der Waals surface area contributed by atoms with Gasteiger partial charge < -0.3 is 19.8 Å². The lowest BCUT2D eigenvalue weighted by Crippen LogP contribution is -2.47. The van der Waals surface area contributed by atoms with Gasteiger partial charge in [0.15, 0.2) is 5.58 Å². The molecule has 0 spiro atoms. The van der Waals surface area contributed by atoms with E-state index in [2.05, 4.69) is 65.6 Å². The Morgan fingerprint density at radius 2 is 2.00 bits per heavy atom. The molecule has 0 bridgehead atoms. The van der Waals surface area contributed by atoms with Gasteiger partial charge in [-0.2, -0.15) is 0 Å². The van der Waals surface area contributed by atoms with E-state index in [1.54, 1.807) is 0 Å². The fourth-order valence-corrected chi connectivity index (χ4v) is 3.60. The number of nitrogens with one attached hydrogen (secondary N) is 2. The Hall–Kier alpha value is -2.90. The van der Waals surface area contributed by atoms with Gasteiger partial charge in [-0.15, -0.1) is 0 Å². The number of oxazole rings is 1. The number of rotatable bonds is 5. The quantitative estimate of drug-likeness (QED) is 0.646. The highest BCUT2D eigenvalue weighted by Gasteiger charge is 2.22. The van der Waals surface area contributed by atoms with Gasteiger partial charge in [-0.25, -0.2) is 9.78 Å². The van der Waals surface area contributed by atoms with E-state index >= 15 is 0 Å². The molecule has 2 N–H and O–H groups in total. The lowest BCUT2D eigenvalue weighted by atomic mass is 9.97. The molecular weight excluding hydrogens is 392 g/mol. The number of aromatic nitrogens is 1. The molecule has 1 aliphatic rings. The molecule has 0 aliphatic carbocycles. The molecule has 7 heteroatoms. The van der Waals surface area contributed by atoms with E-state index in [1.165, 1.54) is 5.56 Å². The van der Waals surface area contributed by atoms with E-state index < -0.39 is 0 Å². The van der Waals surface area contributed by atoms with Crippen LogP contribution in [0.3, 0.4) is 0 Å². The minimum absolute atomic E-state index is 0.0319. The first kappa shape index (κ1) is 21.3. The number of ether oxygens (including phenoxy) is 1. The third-order valence-corrected chi connectivity index (χ3v) is 5.25. The Kier molecular flexibility index (Phi) is 6.25. The van der Waals surface area contributed by atoms with Crippen LogP contribution >= 0.6 is 0 Å². The third kappa shape index (κ3) is 5.62. The van der Waals surface area contributed by atoms with Crippen molar-refractivity contribution in [3.05, 3.63) is 60.0 Å². The number of urea groups is 1. The Bertz CT molecular complexity index is 1030. The second-order valence-electron chi connectivity index (χ2n) is 9.00. The average Bonchev–Trinajstić information content (AvgIpc) is 3.17. The Balaban J connectivity index is 1.28. The average molecular weight is 423 g/mol. The van der Waals surface area contributed by atoms with Crippen molar-refractivity contribution in [2.24, 2.45) is 0 Å². The fraction of sp³-hybridized carbons (Fsp3) is 0.417. The number of hydrogen-bond acceptors (Lipinski definition) is 5. The lowest BCUT2D eigenvalue weighted by molar-refractivity contribution is -0.0285. The van der Waals surface area contributed by atoms with Crippen LogP contribution in [0.4, 0.5) is 10.5 Å². The first-order chi connectivity index (χ1) is 14.9. The number of anilines is 1. The van der Waals surface area contributed by atoms with Gasteiger partial charge in [0.2, 0.25) is 5.89 Å². The summed E-state index contributed by atoms with van der Waals surface area (Å²) in [5, 5.41) is 5.79. The highest BCUT2D eigenvalue weighted by Crippen LogP contribution is 2.27. The van der Waals surface area contributed by atoms with Crippen molar-refractivity contribution in [3.8, 4) is 0 Å². The molecule has 2 amide bonds. The van der Waals surface area contributed by atoms with Crippen molar-refractivity contribution in [3.63, 3.8) is 0 Å². The van der Waals surface area contributed by atoms with Crippen molar-refractivity contribution in [2.75, 3.05) is 31.6 Å². The van der Waals surface area contributed by atoms with Crippen LogP contribution in [-0.2, 0) is 16.7 Å². The first-order valence-corrected chi connectivity index (χ1v) is 10.7. The summed E-state index contributed by atoms with van der Waals surface area (Å²) in [6, 6.07) is 15.6. The second-order valence-corrected chi connectivity index (χ2v) is 9.00. The van der Waals surface area contributed by atoms with Crippen LogP contribution in [0.5, 0.6) is 0 Å². The predicted octanol–water partition coefficient (Wildman–Crippen LogP) is 4.15. The number of benzene rings is 2. The summed E-state index contributed by atoms with van der Waals surface area (Å²) >= 11 is 0. The highest BCUT2D eigenvalue weighted by molar-refractivity contribution is 5.91. The minimum Gasteiger partial charge on any atom is -0.440 e. The van der Waals surface area contributed by atoms with Gasteiger partial charge in [0.25, 0.3) is 0 Å². The molecule has 2 heterocycles. The van der Waals surface area contributed by atoms with E-state index in [1.807, 2.05) is 24.3 Å². The number of carbonyl (C=O) groups excluding carboxylic acids is 1. The van der Waals surface area contributed by atoms with Crippen molar-refractivity contribution in [1.82, 2.24) is 15.2 Å². The summed E-state index contributed by atoms with van der Waals surface area (Å²) < 4.78 is 11.6. The smallest absolute Gasteiger partial charge is 0.319 e. The molecule has 2 aromatic carbocycles. The van der Waals surface area contributed by atoms with Crippen LogP contribution in [0.15, 0.2) is 52.9 Å². The van der Waals surface area contributed by atoms with Crippen LogP contribution in [0.2, 0.25) is 0 Å². The highest BCUT2D eigenvalue weighted by atomic mass is 16.5. The van der Waals surface area contributed by atoms with E-state index in [-0.39, 0.29) is 17.6 Å². The molecule has 4 rings (SSSR count). The molecule has 1 atom stereocenters. The zero-order chi connectivity index (χ0) is 21.8. The van der Waals surface area contributed by atoms with Gasteiger partial charge in [-0.1, -0.05) is 51.1 Å². The number of nitrogens with zero attached hydrogens (tertiary/aromatic N) is 2. The van der Waals surface area contributed by atoms with Crippen molar-refractivity contribution in [2.45, 2.75) is 38.8 Å². The third-order valence-electron chi connectivity index (χ3n) is 5.25. The SMILES string of the molecule is CC(C)(C)c1nc2cc(NC(=O)NCC3CN(Cc4ccccc4)CCO3)ccc2o1. The summed E-state index contributed by atoms with van der Waals surface area (Å²) in [6.45, 7) is 9.86. The molecule has 31 heavy (non-hydrogen) atoms. The first-order valence-electron chi connectivity index (χ1n) is 10.7. The normalized spacial score (nSPS) is 17.6. The summed E-state index contributed by atoms with van der Waals surface area (Å²) in [6.07, 6.45) is -0.0319. The van der Waals surface area contributed by atoms with E-state index in [0.717, 1.165) is 25.2 Å². The summed E-state index contributed by atoms with van der Waals surface area (Å²) in [7, 11) is 0. The molecule has 1 saturated heterocycles. The maximum atomic E-state index is 12.4. The molecule has 164 valence electrons. The van der Waals surface area contributed by atoms with Crippen LogP contribution in [0.1, 0.15) is 32.2 Å². The maximum absolute atomic E-state index is 12.4. The van der Waals surface area contributed by atoms with Crippen LogP contribution in [-0.4, -0.2) is 48.3 Å². The van der Waals surface area contributed by atoms with Gasteiger partial charge in [-0.05, 0) is 23.8 Å². The summed E-state index contributed by atoms with van der Waals surface area (Å²) in [4.78, 5) is 19.3. The molecule has 3 aromatic rings. The number of morpholine rings is 1. The molecule has 1 aliphatic heterocycles. The predicted molar refractivity (Wildman–Crippen MR) is 121 cm³/mol. The largest absolute Gasteiger partial charge is 0.440 e. The fourth-order valence-electron chi connectivity index (χ4n) is 3.60. The zero-order valence-corrected chi connectivity index (χ0v) is 18.4. The molecule has 1 aromatic heterocycles. The van der Waals surface area contributed by atoms with Crippen molar-refractivity contribution in [1.29, 1.82) is 0 Å². The zero-order valence-electron chi connectivity index (χ0n) is 18.4. The number of amides is 2. The molecule has 1 unspecified atom stereocenters. The number of carbonyl (C=O) groups is 1. The Morgan fingerprint density at radius 1 is 1.19 bits per heavy atom. The van der Waals surface area contributed by atoms with Crippen LogP contribution in [0, 0.1) is 0 Å².